The molecule has 1 aromatic heterocycles. The van der Waals surface area contributed by atoms with Gasteiger partial charge >= 0.3 is 0 Å². The monoisotopic (exact) mass is 256 g/mol. The van der Waals surface area contributed by atoms with Crippen molar-refractivity contribution in [3.8, 4) is 6.07 Å². The number of nitriles is 1. The van der Waals surface area contributed by atoms with Crippen molar-refractivity contribution in [2.24, 2.45) is 0 Å². The van der Waals surface area contributed by atoms with E-state index in [1.54, 1.807) is 0 Å². The van der Waals surface area contributed by atoms with Crippen molar-refractivity contribution in [2.45, 2.75) is 18.8 Å². The van der Waals surface area contributed by atoms with Crippen molar-refractivity contribution in [3.05, 3.63) is 26.9 Å². The number of hydrogen-bond acceptors (Lipinski definition) is 2. The highest BCUT2D eigenvalue weighted by Crippen LogP contribution is 2.40. The fraction of sp³-hybridized carbons (Fsp3) is 0.333. The molecule has 2 rings (SSSR count). The molecule has 0 aliphatic heterocycles. The van der Waals surface area contributed by atoms with Crippen LogP contribution in [0.2, 0.25) is 5.15 Å². The smallest absolute Gasteiger partial charge is 0.144 e. The summed E-state index contributed by atoms with van der Waals surface area (Å²) in [5.41, 5.74) is 1.52. The number of aromatic nitrogens is 1. The molecule has 0 bridgehead atoms. The molecule has 0 aromatic carbocycles. The Morgan fingerprint density at radius 3 is 2.85 bits per heavy atom. The highest BCUT2D eigenvalue weighted by Gasteiger charge is 2.26. The fourth-order valence-electron chi connectivity index (χ4n) is 1.19. The van der Waals surface area contributed by atoms with E-state index in [4.69, 9.17) is 16.9 Å². The predicted octanol–water partition coefficient (Wildman–Crippen LogP) is 3.25. The van der Waals surface area contributed by atoms with Crippen molar-refractivity contribution in [3.63, 3.8) is 0 Å². The van der Waals surface area contributed by atoms with Gasteiger partial charge in [-0.25, -0.2) is 4.98 Å². The minimum Gasteiger partial charge on any atom is -0.240 e. The molecule has 1 saturated carbocycles. The van der Waals surface area contributed by atoms with E-state index in [2.05, 4.69) is 27.0 Å². The van der Waals surface area contributed by atoms with Gasteiger partial charge < -0.3 is 0 Å². The van der Waals surface area contributed by atoms with Gasteiger partial charge in [-0.1, -0.05) is 11.6 Å². The van der Waals surface area contributed by atoms with Gasteiger partial charge in [0.1, 0.15) is 11.2 Å². The van der Waals surface area contributed by atoms with Crippen LogP contribution >= 0.6 is 27.5 Å². The van der Waals surface area contributed by atoms with Gasteiger partial charge in [0, 0.05) is 11.6 Å². The van der Waals surface area contributed by atoms with Crippen LogP contribution in [0.25, 0.3) is 0 Å². The van der Waals surface area contributed by atoms with Gasteiger partial charge in [-0.05, 0) is 34.8 Å². The standard InChI is InChI=1S/C9H6BrClN2/c10-8-6(4-12)3-7(5-1-2-5)13-9(8)11/h3,5H,1-2H2. The Bertz CT molecular complexity index is 393. The third kappa shape index (κ3) is 1.70. The third-order valence-corrected chi connectivity index (χ3v) is 3.36. The number of nitrogens with zero attached hydrogens (tertiary/aromatic N) is 2. The van der Waals surface area contributed by atoms with Crippen molar-refractivity contribution < 1.29 is 0 Å². The SMILES string of the molecule is N#Cc1cc(C2CC2)nc(Cl)c1Br. The minimum absolute atomic E-state index is 0.390. The van der Waals surface area contributed by atoms with Gasteiger partial charge in [0.25, 0.3) is 0 Å². The molecule has 1 aromatic rings. The van der Waals surface area contributed by atoms with Crippen molar-refractivity contribution in [2.75, 3.05) is 0 Å². The molecular formula is C9H6BrClN2. The van der Waals surface area contributed by atoms with Gasteiger partial charge in [0.2, 0.25) is 0 Å². The minimum atomic E-state index is 0.390. The van der Waals surface area contributed by atoms with Crippen LogP contribution in [0.15, 0.2) is 10.5 Å². The molecule has 0 spiro atoms. The lowest BCUT2D eigenvalue weighted by Crippen LogP contribution is -1.91. The normalized spacial score (nSPS) is 15.5. The van der Waals surface area contributed by atoms with Crippen molar-refractivity contribution >= 4 is 27.5 Å². The van der Waals surface area contributed by atoms with E-state index in [1.807, 2.05) is 6.07 Å². The van der Waals surface area contributed by atoms with Crippen molar-refractivity contribution in [1.29, 1.82) is 5.26 Å². The Hall–Kier alpha value is -0.590. The van der Waals surface area contributed by atoms with Crippen LogP contribution in [0.5, 0.6) is 0 Å². The number of rotatable bonds is 1. The average molecular weight is 258 g/mol. The maximum absolute atomic E-state index is 8.80. The van der Waals surface area contributed by atoms with E-state index >= 15 is 0 Å². The zero-order valence-electron chi connectivity index (χ0n) is 6.72. The summed E-state index contributed by atoms with van der Waals surface area (Å²) in [5, 5.41) is 9.19. The Morgan fingerprint density at radius 2 is 2.31 bits per heavy atom. The number of pyridine rings is 1. The second-order valence-corrected chi connectivity index (χ2v) is 4.24. The predicted molar refractivity (Wildman–Crippen MR) is 53.6 cm³/mol. The van der Waals surface area contributed by atoms with E-state index < -0.39 is 0 Å². The molecule has 0 N–H and O–H groups in total. The highest BCUT2D eigenvalue weighted by atomic mass is 79.9. The Kier molecular flexibility index (Phi) is 2.27. The van der Waals surface area contributed by atoms with Crippen LogP contribution in [0, 0.1) is 11.3 Å². The summed E-state index contributed by atoms with van der Waals surface area (Å²) in [4.78, 5) is 4.21. The van der Waals surface area contributed by atoms with Crippen molar-refractivity contribution in [1.82, 2.24) is 4.98 Å². The highest BCUT2D eigenvalue weighted by molar-refractivity contribution is 9.10. The maximum atomic E-state index is 8.80. The molecule has 0 saturated heterocycles. The van der Waals surface area contributed by atoms with Crippen LogP contribution in [-0.4, -0.2) is 4.98 Å². The maximum Gasteiger partial charge on any atom is 0.144 e. The Balaban J connectivity index is 2.51. The van der Waals surface area contributed by atoms with E-state index in [0.717, 1.165) is 18.5 Å². The number of hydrogen-bond donors (Lipinski definition) is 0. The lowest BCUT2D eigenvalue weighted by Gasteiger charge is -2.02. The van der Waals surface area contributed by atoms with Crippen LogP contribution in [0.4, 0.5) is 0 Å². The molecule has 1 aliphatic carbocycles. The topological polar surface area (TPSA) is 36.7 Å². The third-order valence-electron chi connectivity index (χ3n) is 2.05. The van der Waals surface area contributed by atoms with Crippen LogP contribution in [0.1, 0.15) is 30.0 Å². The van der Waals surface area contributed by atoms with Gasteiger partial charge in [-0.15, -0.1) is 0 Å². The van der Waals surface area contributed by atoms with Crippen LogP contribution < -0.4 is 0 Å². The molecule has 66 valence electrons. The summed E-state index contributed by atoms with van der Waals surface area (Å²) in [6.07, 6.45) is 2.33. The van der Waals surface area contributed by atoms with Gasteiger partial charge in [-0.2, -0.15) is 5.26 Å². The molecule has 0 radical (unpaired) electrons. The largest absolute Gasteiger partial charge is 0.240 e. The summed E-state index contributed by atoms with van der Waals surface area (Å²) >= 11 is 9.09. The number of halogens is 2. The van der Waals surface area contributed by atoms with E-state index in [0.29, 0.717) is 21.1 Å². The lowest BCUT2D eigenvalue weighted by molar-refractivity contribution is 1.02. The molecular weight excluding hydrogens is 251 g/mol. The van der Waals surface area contributed by atoms with E-state index in [1.165, 1.54) is 0 Å². The summed E-state index contributed by atoms with van der Waals surface area (Å²) in [6.45, 7) is 0. The summed E-state index contributed by atoms with van der Waals surface area (Å²) in [7, 11) is 0. The molecule has 0 amide bonds. The Morgan fingerprint density at radius 1 is 1.62 bits per heavy atom. The first-order chi connectivity index (χ1) is 6.22. The quantitative estimate of drug-likeness (QED) is 0.724. The van der Waals surface area contributed by atoms with Crippen LogP contribution in [0.3, 0.4) is 0 Å². The fourth-order valence-corrected chi connectivity index (χ4v) is 1.68. The van der Waals surface area contributed by atoms with E-state index in [-0.39, 0.29) is 0 Å². The zero-order chi connectivity index (χ0) is 9.42. The molecule has 0 atom stereocenters. The first-order valence-corrected chi connectivity index (χ1v) is 5.15. The summed E-state index contributed by atoms with van der Waals surface area (Å²) in [5.74, 6) is 0.526. The molecule has 1 heterocycles. The first-order valence-electron chi connectivity index (χ1n) is 3.98. The molecule has 1 aliphatic rings. The first kappa shape index (κ1) is 8.98. The van der Waals surface area contributed by atoms with Gasteiger partial charge in [0.15, 0.2) is 0 Å². The molecule has 4 heteroatoms. The molecule has 0 unspecified atom stereocenters. The van der Waals surface area contributed by atoms with Gasteiger partial charge in [0.05, 0.1) is 10.0 Å². The second kappa shape index (κ2) is 3.28. The summed E-state index contributed by atoms with van der Waals surface area (Å²) < 4.78 is 0.598. The van der Waals surface area contributed by atoms with Gasteiger partial charge in [-0.3, -0.25) is 0 Å². The average Bonchev–Trinajstić information content (AvgIpc) is 2.92. The zero-order valence-corrected chi connectivity index (χ0v) is 9.06. The lowest BCUT2D eigenvalue weighted by atomic mass is 10.2. The second-order valence-electron chi connectivity index (χ2n) is 3.09. The molecule has 2 nitrogen and oxygen atoms in total. The van der Waals surface area contributed by atoms with Crippen LogP contribution in [-0.2, 0) is 0 Å². The van der Waals surface area contributed by atoms with E-state index in [9.17, 15) is 0 Å². The Labute approximate surface area is 89.7 Å². The summed E-state index contributed by atoms with van der Waals surface area (Å²) in [6, 6.07) is 3.90. The molecule has 13 heavy (non-hydrogen) atoms. The molecule has 1 fully saturated rings.